The first-order chi connectivity index (χ1) is 9.78. The van der Waals surface area contributed by atoms with E-state index in [1.165, 1.54) is 0 Å². The van der Waals surface area contributed by atoms with Gasteiger partial charge in [-0.15, -0.1) is 0 Å². The highest BCUT2D eigenvalue weighted by molar-refractivity contribution is 6.33. The van der Waals surface area contributed by atoms with Gasteiger partial charge in [0.2, 0.25) is 11.7 Å². The fraction of sp³-hybridized carbons (Fsp3) is 0.385. The number of aromatic nitrogens is 2. The number of ether oxygens (including phenoxy) is 1. The molecule has 1 aromatic heterocycles. The minimum atomic E-state index is 0.229. The van der Waals surface area contributed by atoms with Crippen LogP contribution in [0.3, 0.4) is 0 Å². The van der Waals surface area contributed by atoms with E-state index in [2.05, 4.69) is 15.0 Å². The van der Waals surface area contributed by atoms with Crippen LogP contribution in [0.2, 0.25) is 5.02 Å². The van der Waals surface area contributed by atoms with Crippen molar-refractivity contribution in [3.05, 3.63) is 29.1 Å². The Morgan fingerprint density at radius 3 is 2.75 bits per heavy atom. The number of anilines is 1. The van der Waals surface area contributed by atoms with Gasteiger partial charge in [-0.1, -0.05) is 16.8 Å². The summed E-state index contributed by atoms with van der Waals surface area (Å²) in [6.45, 7) is 3.37. The fourth-order valence-electron chi connectivity index (χ4n) is 2.16. The van der Waals surface area contributed by atoms with Gasteiger partial charge >= 0.3 is 0 Å². The summed E-state index contributed by atoms with van der Waals surface area (Å²) in [6.07, 6.45) is 0. The monoisotopic (exact) mass is 294 g/mol. The van der Waals surface area contributed by atoms with Crippen molar-refractivity contribution in [2.45, 2.75) is 6.54 Å². The Balaban J connectivity index is 1.86. The number of hydrogen-bond acceptors (Lipinski definition) is 6. The van der Waals surface area contributed by atoms with Gasteiger partial charge in [-0.05, 0) is 18.2 Å². The van der Waals surface area contributed by atoms with Crippen LogP contribution < -0.4 is 10.6 Å². The van der Waals surface area contributed by atoms with Gasteiger partial charge in [-0.2, -0.15) is 4.98 Å². The van der Waals surface area contributed by atoms with E-state index in [-0.39, 0.29) is 6.54 Å². The van der Waals surface area contributed by atoms with E-state index in [9.17, 15) is 0 Å². The van der Waals surface area contributed by atoms with Crippen LogP contribution in [-0.4, -0.2) is 36.4 Å². The first-order valence-corrected chi connectivity index (χ1v) is 6.81. The summed E-state index contributed by atoms with van der Waals surface area (Å²) in [4.78, 5) is 6.39. The van der Waals surface area contributed by atoms with E-state index in [0.717, 1.165) is 37.6 Å². The van der Waals surface area contributed by atoms with Crippen molar-refractivity contribution in [3.63, 3.8) is 0 Å². The molecule has 2 N–H and O–H groups in total. The zero-order chi connectivity index (χ0) is 13.9. The summed E-state index contributed by atoms with van der Waals surface area (Å²) in [6, 6.07) is 5.75. The third-order valence-corrected chi connectivity index (χ3v) is 3.50. The lowest BCUT2D eigenvalue weighted by Gasteiger charge is -2.29. The molecule has 0 radical (unpaired) electrons. The maximum atomic E-state index is 6.36. The molecule has 1 aromatic carbocycles. The van der Waals surface area contributed by atoms with Gasteiger partial charge in [0.1, 0.15) is 0 Å². The Kier molecular flexibility index (Phi) is 3.86. The first kappa shape index (κ1) is 13.4. The normalized spacial score (nSPS) is 15.6. The molecule has 0 unspecified atom stereocenters. The molecule has 106 valence electrons. The lowest BCUT2D eigenvalue weighted by atomic mass is 10.1. The molecule has 0 atom stereocenters. The SMILES string of the molecule is NCc1nc(-c2ccc(N3CCOCC3)c(Cl)c2)no1. The molecule has 1 aliphatic rings. The maximum absolute atomic E-state index is 6.36. The first-order valence-electron chi connectivity index (χ1n) is 6.43. The van der Waals surface area contributed by atoms with Gasteiger partial charge in [0.25, 0.3) is 0 Å². The van der Waals surface area contributed by atoms with Gasteiger partial charge in [0.15, 0.2) is 0 Å². The Bertz CT molecular complexity index is 596. The average Bonchev–Trinajstić information content (AvgIpc) is 2.97. The quantitative estimate of drug-likeness (QED) is 0.928. The lowest BCUT2D eigenvalue weighted by Crippen LogP contribution is -2.36. The number of benzene rings is 1. The van der Waals surface area contributed by atoms with Crippen LogP contribution in [0, 0.1) is 0 Å². The van der Waals surface area contributed by atoms with Crippen LogP contribution in [0.5, 0.6) is 0 Å². The van der Waals surface area contributed by atoms with E-state index in [1.54, 1.807) is 0 Å². The van der Waals surface area contributed by atoms with Gasteiger partial charge in [0, 0.05) is 18.7 Å². The highest BCUT2D eigenvalue weighted by Gasteiger charge is 2.16. The summed E-state index contributed by atoms with van der Waals surface area (Å²) in [5.41, 5.74) is 7.27. The summed E-state index contributed by atoms with van der Waals surface area (Å²) in [7, 11) is 0. The van der Waals surface area contributed by atoms with Crippen molar-refractivity contribution in [2.75, 3.05) is 31.2 Å². The van der Waals surface area contributed by atoms with E-state index in [1.807, 2.05) is 18.2 Å². The zero-order valence-corrected chi connectivity index (χ0v) is 11.6. The molecule has 0 aliphatic carbocycles. The predicted molar refractivity (Wildman–Crippen MR) is 75.7 cm³/mol. The van der Waals surface area contributed by atoms with Crippen molar-refractivity contribution in [1.82, 2.24) is 10.1 Å². The third kappa shape index (κ3) is 2.63. The molecule has 2 aromatic rings. The van der Waals surface area contributed by atoms with Gasteiger partial charge in [-0.3, -0.25) is 0 Å². The van der Waals surface area contributed by atoms with Gasteiger partial charge < -0.3 is 19.9 Å². The van der Waals surface area contributed by atoms with Crippen molar-refractivity contribution < 1.29 is 9.26 Å². The average molecular weight is 295 g/mol. The Hall–Kier alpha value is -1.63. The third-order valence-electron chi connectivity index (χ3n) is 3.20. The van der Waals surface area contributed by atoms with E-state index < -0.39 is 0 Å². The molecular formula is C13H15ClN4O2. The van der Waals surface area contributed by atoms with Crippen LogP contribution in [0.4, 0.5) is 5.69 Å². The van der Waals surface area contributed by atoms with Crippen LogP contribution >= 0.6 is 11.6 Å². The lowest BCUT2D eigenvalue weighted by molar-refractivity contribution is 0.122. The summed E-state index contributed by atoms with van der Waals surface area (Å²) < 4.78 is 10.3. The van der Waals surface area contributed by atoms with Gasteiger partial charge in [0.05, 0.1) is 30.5 Å². The molecule has 3 rings (SSSR count). The molecular weight excluding hydrogens is 280 g/mol. The van der Waals surface area contributed by atoms with Crippen LogP contribution in [-0.2, 0) is 11.3 Å². The predicted octanol–water partition coefficient (Wildman–Crippen LogP) is 1.69. The number of nitrogens with two attached hydrogens (primary N) is 1. The Labute approximate surface area is 121 Å². The number of morpholine rings is 1. The molecule has 1 aliphatic heterocycles. The smallest absolute Gasteiger partial charge is 0.240 e. The van der Waals surface area contributed by atoms with Crippen LogP contribution in [0.25, 0.3) is 11.4 Å². The van der Waals surface area contributed by atoms with Crippen LogP contribution in [0.15, 0.2) is 22.7 Å². The number of rotatable bonds is 3. The molecule has 20 heavy (non-hydrogen) atoms. The van der Waals surface area contributed by atoms with E-state index in [0.29, 0.717) is 16.7 Å². The maximum Gasteiger partial charge on any atom is 0.240 e. The molecule has 7 heteroatoms. The molecule has 1 saturated heterocycles. The number of hydrogen-bond donors (Lipinski definition) is 1. The van der Waals surface area contributed by atoms with Crippen molar-refractivity contribution in [1.29, 1.82) is 0 Å². The van der Waals surface area contributed by atoms with Crippen molar-refractivity contribution in [3.8, 4) is 11.4 Å². The van der Waals surface area contributed by atoms with E-state index in [4.69, 9.17) is 26.6 Å². The Morgan fingerprint density at radius 1 is 1.30 bits per heavy atom. The Morgan fingerprint density at radius 2 is 2.10 bits per heavy atom. The molecule has 2 heterocycles. The molecule has 0 amide bonds. The molecule has 0 saturated carbocycles. The van der Waals surface area contributed by atoms with Gasteiger partial charge in [-0.25, -0.2) is 0 Å². The second-order valence-corrected chi connectivity index (χ2v) is 4.89. The number of nitrogens with zero attached hydrogens (tertiary/aromatic N) is 3. The minimum Gasteiger partial charge on any atom is -0.378 e. The van der Waals surface area contributed by atoms with Crippen molar-refractivity contribution in [2.24, 2.45) is 5.73 Å². The number of halogens is 1. The second-order valence-electron chi connectivity index (χ2n) is 4.48. The minimum absolute atomic E-state index is 0.229. The summed E-state index contributed by atoms with van der Waals surface area (Å²) in [5, 5.41) is 4.55. The van der Waals surface area contributed by atoms with Crippen molar-refractivity contribution >= 4 is 17.3 Å². The topological polar surface area (TPSA) is 77.4 Å². The summed E-state index contributed by atoms with van der Waals surface area (Å²) >= 11 is 6.36. The fourth-order valence-corrected chi connectivity index (χ4v) is 2.46. The highest BCUT2D eigenvalue weighted by Crippen LogP contribution is 2.30. The van der Waals surface area contributed by atoms with Crippen LogP contribution in [0.1, 0.15) is 5.89 Å². The molecule has 1 fully saturated rings. The molecule has 0 bridgehead atoms. The molecule has 0 spiro atoms. The van der Waals surface area contributed by atoms with E-state index >= 15 is 0 Å². The highest BCUT2D eigenvalue weighted by atomic mass is 35.5. The zero-order valence-electron chi connectivity index (χ0n) is 10.9. The second kappa shape index (κ2) is 5.78. The summed E-state index contributed by atoms with van der Waals surface area (Å²) in [5.74, 6) is 0.911. The molecule has 6 nitrogen and oxygen atoms in total. The standard InChI is InChI=1S/C13H15ClN4O2/c14-10-7-9(13-16-12(8-15)20-17-13)1-2-11(10)18-3-5-19-6-4-18/h1-2,7H,3-6,8,15H2. The largest absolute Gasteiger partial charge is 0.378 e.